The summed E-state index contributed by atoms with van der Waals surface area (Å²) in [7, 11) is 0. The molecule has 0 radical (unpaired) electrons. The summed E-state index contributed by atoms with van der Waals surface area (Å²) in [6, 6.07) is 0. The molecule has 0 aliphatic heterocycles. The monoisotopic (exact) mass is 452 g/mol. The molecule has 4 heteroatoms. The van der Waals surface area contributed by atoms with Gasteiger partial charge < -0.3 is 0 Å². The number of allylic oxidation sites excluding steroid dienone is 1. The number of halogens is 2. The molecule has 0 spiro atoms. The molecule has 24 heavy (non-hydrogen) atoms. The van der Waals surface area contributed by atoms with E-state index in [2.05, 4.69) is 24.9 Å². The van der Waals surface area contributed by atoms with Crippen LogP contribution in [0.15, 0.2) is 22.3 Å². The molecule has 142 valence electrons. The fourth-order valence-electron chi connectivity index (χ4n) is 3.01. The van der Waals surface area contributed by atoms with Crippen molar-refractivity contribution < 1.29 is 13.9 Å². The summed E-state index contributed by atoms with van der Waals surface area (Å²) in [5, 5.41) is 9.99. The Morgan fingerprint density at radius 2 is 1.38 bits per heavy atom. The van der Waals surface area contributed by atoms with Crippen LogP contribution in [0.25, 0.3) is 0 Å². The third-order valence-electron chi connectivity index (χ3n) is 4.69. The number of aliphatic hydroxyl groups excluding tert-OH is 1. The van der Waals surface area contributed by atoms with Crippen molar-refractivity contribution in [2.24, 2.45) is 0 Å². The average molecular weight is 451 g/mol. The summed E-state index contributed by atoms with van der Waals surface area (Å²) >= 11 is -2.59. The van der Waals surface area contributed by atoms with Crippen LogP contribution in [0.1, 0.15) is 72.6 Å². The van der Waals surface area contributed by atoms with Crippen LogP contribution in [0.4, 0.5) is 8.78 Å². The molecule has 0 heterocycles. The molecule has 1 atom stereocenters. The van der Waals surface area contributed by atoms with E-state index in [9.17, 15) is 13.9 Å². The predicted octanol–water partition coefficient (Wildman–Crippen LogP) is 6.89. The van der Waals surface area contributed by atoms with Gasteiger partial charge in [-0.15, -0.1) is 0 Å². The number of hydrogen-bond donors (Lipinski definition) is 1. The van der Waals surface area contributed by atoms with E-state index >= 15 is 0 Å². The predicted molar refractivity (Wildman–Crippen MR) is 104 cm³/mol. The van der Waals surface area contributed by atoms with Crippen LogP contribution in [0.2, 0.25) is 13.3 Å². The molecule has 1 nitrogen and oxygen atoms in total. The van der Waals surface area contributed by atoms with Crippen LogP contribution in [-0.4, -0.2) is 35.5 Å². The quantitative estimate of drug-likeness (QED) is 0.225. The van der Waals surface area contributed by atoms with Gasteiger partial charge in [-0.05, 0) is 0 Å². The van der Waals surface area contributed by atoms with Crippen LogP contribution >= 0.6 is 0 Å². The Bertz CT molecular complexity index is 345. The van der Waals surface area contributed by atoms with E-state index < -0.39 is 30.4 Å². The van der Waals surface area contributed by atoms with Gasteiger partial charge in [0.2, 0.25) is 0 Å². The number of hydrogen-bond acceptors (Lipinski definition) is 1. The van der Waals surface area contributed by atoms with Crippen LogP contribution in [0, 0.1) is 0 Å². The average Bonchev–Trinajstić information content (AvgIpc) is 2.58. The van der Waals surface area contributed by atoms with Crippen molar-refractivity contribution in [2.75, 3.05) is 0 Å². The normalized spacial score (nSPS) is 14.8. The van der Waals surface area contributed by atoms with Gasteiger partial charge in [0.1, 0.15) is 0 Å². The Morgan fingerprint density at radius 1 is 0.917 bits per heavy atom. The van der Waals surface area contributed by atoms with Gasteiger partial charge in [-0.25, -0.2) is 0 Å². The van der Waals surface area contributed by atoms with Gasteiger partial charge in [-0.2, -0.15) is 0 Å². The van der Waals surface area contributed by atoms with Gasteiger partial charge in [-0.1, -0.05) is 0 Å². The van der Waals surface area contributed by atoms with Crippen molar-refractivity contribution in [3.63, 3.8) is 0 Å². The Labute approximate surface area is 152 Å². The van der Waals surface area contributed by atoms with E-state index in [-0.39, 0.29) is 0 Å². The Hall–Kier alpha value is 0.0987. The SMILES string of the molecule is CCC=CC(F)(F)C(O)/C=[CH]/[Sn]([CH2]CCC)([CH2]CCC)[CH2]CCC. The molecule has 0 aliphatic carbocycles. The molecule has 1 unspecified atom stereocenters. The number of alkyl halides is 2. The second-order valence-corrected chi connectivity index (χ2v) is 20.0. The molecule has 0 aromatic carbocycles. The third-order valence-corrected chi connectivity index (χ3v) is 18.8. The van der Waals surface area contributed by atoms with Gasteiger partial charge in [0, 0.05) is 0 Å². The standard InChI is InChI=1S/C8H11F2O.3C4H9.Sn/c1-3-5-6-8(9,10)7(11)4-2;3*1-3-4-2;/h2,4-7,11H,3H2,1H3;3*1,3-4H2,2H3;. The van der Waals surface area contributed by atoms with E-state index in [1.54, 1.807) is 0 Å². The zero-order chi connectivity index (χ0) is 18.5. The van der Waals surface area contributed by atoms with E-state index in [4.69, 9.17) is 0 Å². The van der Waals surface area contributed by atoms with Crippen molar-refractivity contribution in [3.8, 4) is 0 Å². The molecule has 0 saturated carbocycles. The molecule has 0 fully saturated rings. The second kappa shape index (κ2) is 13.3. The zero-order valence-electron chi connectivity index (χ0n) is 16.2. The second-order valence-electron chi connectivity index (χ2n) is 6.96. The van der Waals surface area contributed by atoms with Crippen molar-refractivity contribution >= 4 is 18.4 Å². The molecule has 0 bridgehead atoms. The van der Waals surface area contributed by atoms with Gasteiger partial charge in [-0.3, -0.25) is 0 Å². The molecule has 0 aromatic rings. The minimum absolute atomic E-state index is 0.554. The van der Waals surface area contributed by atoms with Gasteiger partial charge in [0.15, 0.2) is 0 Å². The summed E-state index contributed by atoms with van der Waals surface area (Å²) in [5.74, 6) is -3.16. The molecule has 1 N–H and O–H groups in total. The molecule has 0 amide bonds. The number of unbranched alkanes of at least 4 members (excludes halogenated alkanes) is 3. The summed E-state index contributed by atoms with van der Waals surface area (Å²) in [6.07, 6.45) is 9.62. The first-order valence-corrected chi connectivity index (χ1v) is 17.5. The Kier molecular flexibility index (Phi) is 13.4. The molecule has 0 aliphatic rings. The summed E-state index contributed by atoms with van der Waals surface area (Å²) in [6.45, 7) is 8.39. The fourth-order valence-corrected chi connectivity index (χ4v) is 17.3. The van der Waals surface area contributed by atoms with Crippen LogP contribution in [0.5, 0.6) is 0 Å². The first-order valence-electron chi connectivity index (χ1n) is 9.80. The van der Waals surface area contributed by atoms with Crippen LogP contribution in [-0.2, 0) is 0 Å². The summed E-state index contributed by atoms with van der Waals surface area (Å²) in [4.78, 5) is 0. The van der Waals surface area contributed by atoms with E-state index in [0.717, 1.165) is 25.3 Å². The maximum atomic E-state index is 14.0. The van der Waals surface area contributed by atoms with E-state index in [0.29, 0.717) is 6.42 Å². The molecule has 0 saturated heterocycles. The van der Waals surface area contributed by atoms with E-state index in [1.165, 1.54) is 44.7 Å². The third kappa shape index (κ3) is 9.55. The summed E-state index contributed by atoms with van der Waals surface area (Å²) in [5.41, 5.74) is 0. The topological polar surface area (TPSA) is 20.2 Å². The van der Waals surface area contributed by atoms with Crippen LogP contribution in [0.3, 0.4) is 0 Å². The van der Waals surface area contributed by atoms with Gasteiger partial charge in [0.05, 0.1) is 0 Å². The van der Waals surface area contributed by atoms with Gasteiger partial charge in [0.25, 0.3) is 0 Å². The Balaban J connectivity index is 5.25. The molecule has 0 aromatic heterocycles. The van der Waals surface area contributed by atoms with Crippen molar-refractivity contribution in [3.05, 3.63) is 22.3 Å². The fraction of sp³-hybridized carbons (Fsp3) is 0.800. The molecular weight excluding hydrogens is 413 g/mol. The molecule has 0 rings (SSSR count). The first kappa shape index (κ1) is 24.1. The maximum absolute atomic E-state index is 14.0. The minimum atomic E-state index is -3.16. The molecular formula is C20H38F2OSn. The van der Waals surface area contributed by atoms with Gasteiger partial charge >= 0.3 is 153 Å². The van der Waals surface area contributed by atoms with Crippen molar-refractivity contribution in [1.29, 1.82) is 0 Å². The van der Waals surface area contributed by atoms with Crippen molar-refractivity contribution in [2.45, 2.75) is 98.0 Å². The van der Waals surface area contributed by atoms with Crippen molar-refractivity contribution in [1.82, 2.24) is 0 Å². The number of aliphatic hydroxyl groups is 1. The zero-order valence-corrected chi connectivity index (χ0v) is 19.0. The first-order chi connectivity index (χ1) is 11.4. The number of rotatable bonds is 14. The van der Waals surface area contributed by atoms with Crippen LogP contribution < -0.4 is 0 Å². The summed E-state index contributed by atoms with van der Waals surface area (Å²) < 4.78 is 33.7. The Morgan fingerprint density at radius 3 is 1.75 bits per heavy atom. The van der Waals surface area contributed by atoms with E-state index in [1.807, 2.05) is 6.92 Å².